The molecule has 1 amide bonds. The van der Waals surface area contributed by atoms with Crippen molar-refractivity contribution in [2.45, 2.75) is 71.8 Å². The van der Waals surface area contributed by atoms with Crippen molar-refractivity contribution in [3.8, 4) is 0 Å². The highest BCUT2D eigenvalue weighted by Gasteiger charge is 2.34. The first-order chi connectivity index (χ1) is 20.0. The van der Waals surface area contributed by atoms with Crippen LogP contribution in [0.5, 0.6) is 0 Å². The van der Waals surface area contributed by atoms with Crippen LogP contribution in [0.25, 0.3) is 10.9 Å². The van der Waals surface area contributed by atoms with Crippen molar-refractivity contribution >= 4 is 55.6 Å². The van der Waals surface area contributed by atoms with E-state index in [1.165, 1.54) is 18.1 Å². The van der Waals surface area contributed by atoms with Crippen molar-refractivity contribution < 1.29 is 23.2 Å². The van der Waals surface area contributed by atoms with Gasteiger partial charge >= 0.3 is 0 Å². The lowest BCUT2D eigenvalue weighted by Gasteiger charge is -2.18. The summed E-state index contributed by atoms with van der Waals surface area (Å²) in [6, 6.07) is 10.4. The van der Waals surface area contributed by atoms with Gasteiger partial charge in [0.25, 0.3) is 0 Å². The van der Waals surface area contributed by atoms with Gasteiger partial charge in [-0.2, -0.15) is 0 Å². The number of aldehydes is 1. The number of ketones is 1. The molecule has 0 bridgehead atoms. The zero-order chi connectivity index (χ0) is 31.4. The van der Waals surface area contributed by atoms with Gasteiger partial charge in [0.1, 0.15) is 18.3 Å². The van der Waals surface area contributed by atoms with Gasteiger partial charge in [0.15, 0.2) is 5.78 Å². The zero-order valence-corrected chi connectivity index (χ0v) is 26.5. The van der Waals surface area contributed by atoms with E-state index in [1.807, 2.05) is 10.6 Å². The lowest BCUT2D eigenvalue weighted by Crippen LogP contribution is -2.41. The predicted octanol–water partition coefficient (Wildman–Crippen LogP) is 6.72. The molecule has 10 heteroatoms. The summed E-state index contributed by atoms with van der Waals surface area (Å²) in [5.41, 5.74) is 3.26. The van der Waals surface area contributed by atoms with Gasteiger partial charge in [0.05, 0.1) is 17.6 Å². The molecule has 0 spiro atoms. The van der Waals surface area contributed by atoms with Crippen molar-refractivity contribution in [2.75, 3.05) is 13.6 Å². The number of halogens is 3. The van der Waals surface area contributed by atoms with Crippen molar-refractivity contribution in [2.24, 2.45) is 5.92 Å². The molecule has 42 heavy (non-hydrogen) atoms. The summed E-state index contributed by atoms with van der Waals surface area (Å²) in [6.45, 7) is 6.63. The van der Waals surface area contributed by atoms with Gasteiger partial charge in [-0.25, -0.2) is 8.78 Å². The largest absolute Gasteiger partial charge is 0.351 e. The molecule has 4 rings (SSSR count). The van der Waals surface area contributed by atoms with Crippen LogP contribution in [0.4, 0.5) is 8.78 Å². The lowest BCUT2D eigenvalue weighted by atomic mass is 9.98. The third-order valence-electron chi connectivity index (χ3n) is 7.50. The van der Waals surface area contributed by atoms with E-state index in [9.17, 15) is 23.2 Å². The van der Waals surface area contributed by atoms with E-state index in [-0.39, 0.29) is 36.2 Å². The average Bonchev–Trinajstić information content (AvgIpc) is 3.52. The van der Waals surface area contributed by atoms with Gasteiger partial charge in [-0.3, -0.25) is 14.5 Å². The molecule has 1 aliphatic heterocycles. The quantitative estimate of drug-likeness (QED) is 0.155. The summed E-state index contributed by atoms with van der Waals surface area (Å²) in [6.07, 6.45) is 8.31. The summed E-state index contributed by atoms with van der Waals surface area (Å²) >= 11 is 5.65. The van der Waals surface area contributed by atoms with Gasteiger partial charge < -0.3 is 14.7 Å². The van der Waals surface area contributed by atoms with Crippen LogP contribution in [0.2, 0.25) is 5.02 Å². The Labute approximate surface area is 254 Å². The average molecular weight is 620 g/mol. The molecule has 0 saturated carbocycles. The Morgan fingerprint density at radius 3 is 2.57 bits per heavy atom. The first-order valence-electron chi connectivity index (χ1n) is 14.0. The predicted molar refractivity (Wildman–Crippen MR) is 170 cm³/mol. The number of likely N-dealkylation sites (N-methyl/N-ethyl adjacent to an activating group) is 1. The Morgan fingerprint density at radius 1 is 1.26 bits per heavy atom. The van der Waals surface area contributed by atoms with Gasteiger partial charge in [-0.1, -0.05) is 62.4 Å². The van der Waals surface area contributed by atoms with E-state index >= 15 is 0 Å². The Hall–Kier alpha value is -2.93. The summed E-state index contributed by atoms with van der Waals surface area (Å²) in [7, 11) is 4.42. The molecule has 2 heterocycles. The number of likely N-dealkylation sites (tertiary alicyclic amines) is 1. The second kappa shape index (κ2) is 17.3. The standard InChI is InChI=1S/C18H23NO2.C13H15ClF2N2O.CH3P/c1-4-13(2)5-6-15-7-8-16-17(14(3)21)12-19(9-10-20)18(16)11-15;1-18-7-9(15)5-11(18)13(19)17-6-8-3-2-4-10(14)12(8)16;1-2/h7-8,10-13H,4-6,9H2,1-3H3;2-4,9,11H,5-7H2,1H3,(H,17,19);2H,1H2/t;9-,11+;/m.1./s1. The Bertz CT molecular complexity index is 1370. The fourth-order valence-corrected chi connectivity index (χ4v) is 5.05. The molecular weight excluding hydrogens is 579 g/mol. The first-order valence-corrected chi connectivity index (χ1v) is 15.1. The molecule has 2 aromatic carbocycles. The van der Waals surface area contributed by atoms with Gasteiger partial charge in [0, 0.05) is 47.7 Å². The van der Waals surface area contributed by atoms with Crippen LogP contribution in [0.1, 0.15) is 61.5 Å². The van der Waals surface area contributed by atoms with E-state index in [0.717, 1.165) is 35.9 Å². The van der Waals surface area contributed by atoms with Crippen LogP contribution in [-0.4, -0.2) is 59.5 Å². The maximum absolute atomic E-state index is 13.6. The van der Waals surface area contributed by atoms with Crippen LogP contribution < -0.4 is 5.32 Å². The fourth-order valence-electron chi connectivity index (χ4n) is 4.85. The van der Waals surface area contributed by atoms with Crippen molar-refractivity contribution in [3.05, 3.63) is 70.1 Å². The number of fused-ring (bicyclic) bond motifs is 1. The number of hydrogen-bond donors (Lipinski definition) is 1. The maximum atomic E-state index is 13.6. The molecule has 1 unspecified atom stereocenters. The highest BCUT2D eigenvalue weighted by atomic mass is 35.5. The summed E-state index contributed by atoms with van der Waals surface area (Å²) < 4.78 is 28.6. The molecular formula is C32H41ClF2N3O3P. The number of nitrogens with zero attached hydrogens (tertiary/aromatic N) is 2. The number of hydrogen-bond acceptors (Lipinski definition) is 4. The number of alkyl halides is 1. The first kappa shape index (κ1) is 35.3. The minimum absolute atomic E-state index is 0.0218. The highest BCUT2D eigenvalue weighted by Crippen LogP contribution is 2.25. The monoisotopic (exact) mass is 619 g/mol. The molecule has 1 aliphatic rings. The van der Waals surface area contributed by atoms with Crippen LogP contribution in [0.15, 0.2) is 42.6 Å². The second-order valence-electron chi connectivity index (χ2n) is 10.5. The van der Waals surface area contributed by atoms with Crippen LogP contribution in [-0.2, 0) is 29.1 Å². The molecule has 6 nitrogen and oxygen atoms in total. The van der Waals surface area contributed by atoms with Gasteiger partial charge in [-0.15, -0.1) is 8.86 Å². The SMILES string of the molecule is C=P.CCC(C)CCc1ccc2c(C(C)=O)cn(CC=O)c2c1.CN1C[C@H](F)C[C@H]1C(=O)NCc1cccc(Cl)c1F. The van der Waals surface area contributed by atoms with E-state index < -0.39 is 18.0 Å². The molecule has 1 saturated heterocycles. The molecule has 0 radical (unpaired) electrons. The molecule has 228 valence electrons. The van der Waals surface area contributed by atoms with Crippen LogP contribution in [0.3, 0.4) is 0 Å². The van der Waals surface area contributed by atoms with E-state index in [4.69, 9.17) is 11.6 Å². The number of carbonyl (C=O) groups is 3. The minimum Gasteiger partial charge on any atom is -0.351 e. The summed E-state index contributed by atoms with van der Waals surface area (Å²) in [4.78, 5) is 36.1. The van der Waals surface area contributed by atoms with Gasteiger partial charge in [-0.05, 0) is 50.4 Å². The smallest absolute Gasteiger partial charge is 0.237 e. The van der Waals surface area contributed by atoms with Crippen LogP contribution >= 0.6 is 20.5 Å². The summed E-state index contributed by atoms with van der Waals surface area (Å²) in [5.74, 6) is -0.0677. The topological polar surface area (TPSA) is 71.4 Å². The summed E-state index contributed by atoms with van der Waals surface area (Å²) in [5, 5.41) is 3.58. The van der Waals surface area contributed by atoms with Crippen molar-refractivity contribution in [1.29, 1.82) is 0 Å². The normalized spacial score (nSPS) is 17.0. The molecule has 1 fully saturated rings. The highest BCUT2D eigenvalue weighted by molar-refractivity contribution is 7.15. The number of rotatable bonds is 10. The molecule has 1 N–H and O–H groups in total. The number of nitrogens with one attached hydrogen (secondary N) is 1. The van der Waals surface area contributed by atoms with Gasteiger partial charge in [0.2, 0.25) is 5.91 Å². The molecule has 3 aromatic rings. The van der Waals surface area contributed by atoms with E-state index in [2.05, 4.69) is 46.5 Å². The third kappa shape index (κ3) is 9.55. The number of benzene rings is 2. The maximum Gasteiger partial charge on any atom is 0.237 e. The number of amides is 1. The van der Waals surface area contributed by atoms with Crippen molar-refractivity contribution in [3.63, 3.8) is 0 Å². The van der Waals surface area contributed by atoms with E-state index in [1.54, 1.807) is 37.2 Å². The Morgan fingerprint density at radius 2 is 1.98 bits per heavy atom. The molecule has 3 atom stereocenters. The van der Waals surface area contributed by atoms with Crippen molar-refractivity contribution in [1.82, 2.24) is 14.8 Å². The lowest BCUT2D eigenvalue weighted by molar-refractivity contribution is -0.125. The fraction of sp³-hybridized carbons (Fsp3) is 0.438. The number of Topliss-reactive ketones (excluding diaryl/α,β-unsaturated/α-hetero) is 1. The zero-order valence-electron chi connectivity index (χ0n) is 24.8. The minimum atomic E-state index is -0.983. The third-order valence-corrected chi connectivity index (χ3v) is 7.80. The Kier molecular flexibility index (Phi) is 14.5. The van der Waals surface area contributed by atoms with Crippen LogP contribution in [0, 0.1) is 11.7 Å². The van der Waals surface area contributed by atoms with E-state index in [0.29, 0.717) is 17.7 Å². The number of aromatic nitrogens is 1. The number of carbonyl (C=O) groups excluding carboxylic acids is 3. The second-order valence-corrected chi connectivity index (χ2v) is 10.9. The Balaban J connectivity index is 0.000000278. The molecule has 1 aromatic heterocycles. The number of aryl methyl sites for hydroxylation is 1. The molecule has 0 aliphatic carbocycles.